The molecule has 3 saturated heterocycles. The lowest BCUT2D eigenvalue weighted by Crippen LogP contribution is -2.57. The van der Waals surface area contributed by atoms with Gasteiger partial charge in [-0.2, -0.15) is 0 Å². The second kappa shape index (κ2) is 4.42. The van der Waals surface area contributed by atoms with Gasteiger partial charge < -0.3 is 4.42 Å². The van der Waals surface area contributed by atoms with Crippen molar-refractivity contribution in [3.8, 4) is 0 Å². The second-order valence-corrected chi connectivity index (χ2v) is 7.16. The maximum absolute atomic E-state index is 12.8. The summed E-state index contributed by atoms with van der Waals surface area (Å²) < 4.78 is 5.31. The van der Waals surface area contributed by atoms with E-state index in [1.165, 1.54) is 38.8 Å². The Morgan fingerprint density at radius 2 is 2.09 bits per heavy atom. The molecule has 1 aliphatic carbocycles. The molecule has 2 aromatic rings. The summed E-state index contributed by atoms with van der Waals surface area (Å²) in [6.07, 6.45) is 7.41. The van der Waals surface area contributed by atoms with Gasteiger partial charge in [0.25, 0.3) is 0 Å². The summed E-state index contributed by atoms with van der Waals surface area (Å²) in [7, 11) is 0. The lowest BCUT2D eigenvalue weighted by molar-refractivity contribution is -0.0274. The zero-order valence-electron chi connectivity index (χ0n) is 12.6. The van der Waals surface area contributed by atoms with Crippen molar-refractivity contribution in [2.45, 2.75) is 37.6 Å². The number of aromatic nitrogens is 1. The van der Waals surface area contributed by atoms with Gasteiger partial charge in [0.1, 0.15) is 11.2 Å². The van der Waals surface area contributed by atoms with Crippen LogP contribution in [0.25, 0.3) is 11.1 Å². The molecule has 6 rings (SSSR count). The van der Waals surface area contributed by atoms with Crippen molar-refractivity contribution in [3.63, 3.8) is 0 Å². The van der Waals surface area contributed by atoms with E-state index >= 15 is 0 Å². The van der Waals surface area contributed by atoms with Crippen LogP contribution in [-0.2, 0) is 0 Å². The van der Waals surface area contributed by atoms with E-state index in [1.54, 1.807) is 6.26 Å². The molecule has 2 aromatic heterocycles. The molecule has 4 nitrogen and oxygen atoms in total. The number of furan rings is 1. The van der Waals surface area contributed by atoms with Crippen LogP contribution in [0, 0.1) is 11.8 Å². The van der Waals surface area contributed by atoms with Crippen molar-refractivity contribution in [1.29, 1.82) is 0 Å². The minimum Gasteiger partial charge on any atom is -0.463 e. The highest BCUT2D eigenvalue weighted by Crippen LogP contribution is 2.58. The Morgan fingerprint density at radius 3 is 2.86 bits per heavy atom. The second-order valence-electron chi connectivity index (χ2n) is 7.16. The standard InChI is InChI=1S/C18H20N2O2/c21-16(14-1-2-17-15(19-14)5-10-22-17)11-13-12-3-8-20(9-4-12)18(13)6-7-18/h1-2,5,10,12-13H,3-4,6-9,11H2/t13-/m1/s1. The fraction of sp³-hybridized carbons (Fsp3) is 0.556. The van der Waals surface area contributed by atoms with Crippen LogP contribution < -0.4 is 0 Å². The minimum atomic E-state index is 0.202. The number of hydrogen-bond donors (Lipinski definition) is 0. The van der Waals surface area contributed by atoms with E-state index in [0.29, 0.717) is 23.6 Å². The number of ketones is 1. The smallest absolute Gasteiger partial charge is 0.181 e. The van der Waals surface area contributed by atoms with Crippen LogP contribution in [0.3, 0.4) is 0 Å². The lowest BCUT2D eigenvalue weighted by Gasteiger charge is -2.52. The molecule has 1 atom stereocenters. The molecule has 114 valence electrons. The van der Waals surface area contributed by atoms with Gasteiger partial charge in [0.05, 0.1) is 6.26 Å². The Bertz CT molecular complexity index is 738. The third-order valence-electron chi connectivity index (χ3n) is 6.19. The number of carbonyl (C=O) groups excluding carboxylic acids is 1. The van der Waals surface area contributed by atoms with Crippen molar-refractivity contribution in [3.05, 3.63) is 30.2 Å². The summed E-state index contributed by atoms with van der Waals surface area (Å²) in [4.78, 5) is 19.9. The summed E-state index contributed by atoms with van der Waals surface area (Å²) >= 11 is 0. The van der Waals surface area contributed by atoms with Gasteiger partial charge in [-0.25, -0.2) is 4.98 Å². The van der Waals surface area contributed by atoms with E-state index in [-0.39, 0.29) is 5.78 Å². The summed E-state index contributed by atoms with van der Waals surface area (Å²) in [6, 6.07) is 5.50. The largest absolute Gasteiger partial charge is 0.463 e. The summed E-state index contributed by atoms with van der Waals surface area (Å²) in [6.45, 7) is 2.49. The predicted octanol–water partition coefficient (Wildman–Crippen LogP) is 3.28. The average Bonchev–Trinajstić information content (AvgIpc) is 3.18. The molecule has 0 aromatic carbocycles. The number of piperidine rings is 3. The SMILES string of the molecule is O=C(C[C@@H]1C2CCN(CC2)C12CC2)c1ccc2occc2n1. The van der Waals surface area contributed by atoms with Gasteiger partial charge in [-0.05, 0) is 62.7 Å². The minimum absolute atomic E-state index is 0.202. The van der Waals surface area contributed by atoms with Gasteiger partial charge in [0.2, 0.25) is 0 Å². The van der Waals surface area contributed by atoms with Gasteiger partial charge in [-0.15, -0.1) is 0 Å². The number of hydrogen-bond acceptors (Lipinski definition) is 4. The van der Waals surface area contributed by atoms with Gasteiger partial charge in [0.15, 0.2) is 11.4 Å². The molecule has 1 spiro atoms. The molecular weight excluding hydrogens is 276 g/mol. The highest BCUT2D eigenvalue weighted by atomic mass is 16.3. The first-order chi connectivity index (χ1) is 10.8. The Balaban J connectivity index is 1.42. The predicted molar refractivity (Wildman–Crippen MR) is 82.7 cm³/mol. The Labute approximate surface area is 129 Å². The third kappa shape index (κ3) is 1.73. The molecule has 0 N–H and O–H groups in total. The highest BCUT2D eigenvalue weighted by Gasteiger charge is 2.60. The number of nitrogens with zero attached hydrogens (tertiary/aromatic N) is 2. The molecule has 1 saturated carbocycles. The van der Waals surface area contributed by atoms with Crippen molar-refractivity contribution < 1.29 is 9.21 Å². The van der Waals surface area contributed by atoms with Crippen LogP contribution in [0.4, 0.5) is 0 Å². The van der Waals surface area contributed by atoms with Crippen molar-refractivity contribution in [2.75, 3.05) is 13.1 Å². The first-order valence-electron chi connectivity index (χ1n) is 8.39. The number of fused-ring (bicyclic) bond motifs is 3. The van der Waals surface area contributed by atoms with Crippen LogP contribution in [0.15, 0.2) is 28.9 Å². The summed E-state index contributed by atoms with van der Waals surface area (Å²) in [5, 5.41) is 0. The van der Waals surface area contributed by atoms with Gasteiger partial charge in [-0.1, -0.05) is 0 Å². The Morgan fingerprint density at radius 1 is 1.27 bits per heavy atom. The third-order valence-corrected chi connectivity index (χ3v) is 6.19. The maximum atomic E-state index is 12.8. The van der Waals surface area contributed by atoms with Crippen molar-refractivity contribution in [2.24, 2.45) is 11.8 Å². The highest BCUT2D eigenvalue weighted by molar-refractivity contribution is 5.96. The maximum Gasteiger partial charge on any atom is 0.181 e. The van der Waals surface area contributed by atoms with E-state index in [9.17, 15) is 4.79 Å². The number of pyridine rings is 1. The van der Waals surface area contributed by atoms with Crippen molar-refractivity contribution >= 4 is 16.9 Å². The Kier molecular flexibility index (Phi) is 2.57. The first kappa shape index (κ1) is 12.8. The molecular formula is C18H20N2O2. The molecule has 4 aliphatic rings. The molecule has 4 heteroatoms. The monoisotopic (exact) mass is 296 g/mol. The van der Waals surface area contributed by atoms with E-state index in [2.05, 4.69) is 9.88 Å². The van der Waals surface area contributed by atoms with Crippen LogP contribution in [-0.4, -0.2) is 34.3 Å². The van der Waals surface area contributed by atoms with Crippen LogP contribution in [0.5, 0.6) is 0 Å². The summed E-state index contributed by atoms with van der Waals surface area (Å²) in [5.41, 5.74) is 2.50. The first-order valence-corrected chi connectivity index (χ1v) is 8.39. The van der Waals surface area contributed by atoms with Crippen LogP contribution in [0.1, 0.15) is 42.6 Å². The quantitative estimate of drug-likeness (QED) is 0.816. The molecule has 0 radical (unpaired) electrons. The van der Waals surface area contributed by atoms with E-state index in [4.69, 9.17) is 4.42 Å². The van der Waals surface area contributed by atoms with Gasteiger partial charge in [-0.3, -0.25) is 9.69 Å². The fourth-order valence-corrected chi connectivity index (χ4v) is 4.90. The van der Waals surface area contributed by atoms with Gasteiger partial charge in [0, 0.05) is 18.0 Å². The average molecular weight is 296 g/mol. The van der Waals surface area contributed by atoms with E-state index < -0.39 is 0 Å². The number of Topliss-reactive ketones (excluding diaryl/α,β-unsaturated/α-hetero) is 1. The normalized spacial score (nSPS) is 31.7. The molecule has 4 fully saturated rings. The topological polar surface area (TPSA) is 46.3 Å². The lowest BCUT2D eigenvalue weighted by atomic mass is 9.69. The molecule has 5 heterocycles. The number of rotatable bonds is 3. The molecule has 2 bridgehead atoms. The van der Waals surface area contributed by atoms with Crippen LogP contribution in [0.2, 0.25) is 0 Å². The zero-order valence-corrected chi connectivity index (χ0v) is 12.6. The molecule has 3 aliphatic heterocycles. The molecule has 22 heavy (non-hydrogen) atoms. The fourth-order valence-electron chi connectivity index (χ4n) is 4.90. The Hall–Kier alpha value is -1.68. The van der Waals surface area contributed by atoms with Crippen LogP contribution >= 0.6 is 0 Å². The van der Waals surface area contributed by atoms with E-state index in [1.807, 2.05) is 18.2 Å². The van der Waals surface area contributed by atoms with Gasteiger partial charge >= 0.3 is 0 Å². The van der Waals surface area contributed by atoms with Crippen molar-refractivity contribution in [1.82, 2.24) is 9.88 Å². The zero-order chi connectivity index (χ0) is 14.7. The molecule has 0 amide bonds. The number of carbonyl (C=O) groups is 1. The summed E-state index contributed by atoms with van der Waals surface area (Å²) in [5.74, 6) is 1.49. The molecule has 0 unspecified atom stereocenters. The van der Waals surface area contributed by atoms with E-state index in [0.717, 1.165) is 17.0 Å².